The van der Waals surface area contributed by atoms with Crippen LogP contribution in [0.5, 0.6) is 0 Å². The second-order valence-corrected chi connectivity index (χ2v) is 4.21. The first-order valence-electron chi connectivity index (χ1n) is 5.68. The van der Waals surface area contributed by atoms with E-state index in [-0.39, 0.29) is 6.04 Å². The summed E-state index contributed by atoms with van der Waals surface area (Å²) >= 11 is 0. The molecular formula is C12H17N5. The van der Waals surface area contributed by atoms with E-state index in [0.29, 0.717) is 12.4 Å². The van der Waals surface area contributed by atoms with Gasteiger partial charge in [-0.25, -0.2) is 0 Å². The Morgan fingerprint density at radius 1 is 1.41 bits per heavy atom. The topological polar surface area (TPSA) is 55.6 Å². The van der Waals surface area contributed by atoms with Gasteiger partial charge in [0.1, 0.15) is 0 Å². The highest BCUT2D eigenvalue weighted by Gasteiger charge is 2.06. The highest BCUT2D eigenvalue weighted by Crippen LogP contribution is 2.13. The molecule has 0 spiro atoms. The van der Waals surface area contributed by atoms with Crippen LogP contribution in [0.3, 0.4) is 0 Å². The molecule has 0 fully saturated rings. The fourth-order valence-electron chi connectivity index (χ4n) is 1.70. The van der Waals surface area contributed by atoms with Gasteiger partial charge in [0.05, 0.1) is 13.6 Å². The standard InChI is InChI=1S/C12H17N5/c1-9-5-4-6-11(7-9)10(2)13-8-12-14-16-17(3)15-12/h4-7,10,13H,8H2,1-3H3/t10-/m0/s1. The fraction of sp³-hybridized carbons (Fsp3) is 0.417. The number of aryl methyl sites for hydroxylation is 2. The summed E-state index contributed by atoms with van der Waals surface area (Å²) in [6, 6.07) is 8.75. The minimum atomic E-state index is 0.277. The lowest BCUT2D eigenvalue weighted by Gasteiger charge is -2.13. The number of hydrogen-bond acceptors (Lipinski definition) is 4. The van der Waals surface area contributed by atoms with E-state index in [9.17, 15) is 0 Å². The molecule has 2 rings (SSSR count). The molecule has 0 bridgehead atoms. The molecule has 5 heteroatoms. The maximum Gasteiger partial charge on any atom is 0.188 e. The number of benzene rings is 1. The molecule has 17 heavy (non-hydrogen) atoms. The quantitative estimate of drug-likeness (QED) is 0.863. The minimum absolute atomic E-state index is 0.277. The van der Waals surface area contributed by atoms with Crippen molar-refractivity contribution in [2.75, 3.05) is 0 Å². The predicted octanol–water partition coefficient (Wildman–Crippen LogP) is 1.37. The van der Waals surface area contributed by atoms with Crippen molar-refractivity contribution >= 4 is 0 Å². The van der Waals surface area contributed by atoms with E-state index in [0.717, 1.165) is 0 Å². The van der Waals surface area contributed by atoms with Crippen molar-refractivity contribution < 1.29 is 0 Å². The van der Waals surface area contributed by atoms with Crippen LogP contribution in [-0.4, -0.2) is 20.2 Å². The maximum absolute atomic E-state index is 4.13. The van der Waals surface area contributed by atoms with Crippen molar-refractivity contribution in [3.05, 3.63) is 41.2 Å². The summed E-state index contributed by atoms with van der Waals surface area (Å²) in [5.74, 6) is 0.715. The van der Waals surface area contributed by atoms with E-state index < -0.39 is 0 Å². The van der Waals surface area contributed by atoms with Crippen LogP contribution in [0, 0.1) is 6.92 Å². The lowest BCUT2D eigenvalue weighted by atomic mass is 10.1. The summed E-state index contributed by atoms with van der Waals surface area (Å²) in [6.07, 6.45) is 0. The zero-order valence-corrected chi connectivity index (χ0v) is 10.4. The highest BCUT2D eigenvalue weighted by molar-refractivity contribution is 5.24. The lowest BCUT2D eigenvalue weighted by molar-refractivity contribution is 0.555. The van der Waals surface area contributed by atoms with Crippen molar-refractivity contribution in [1.82, 2.24) is 25.5 Å². The van der Waals surface area contributed by atoms with Gasteiger partial charge in [-0.3, -0.25) is 0 Å². The predicted molar refractivity (Wildman–Crippen MR) is 65.2 cm³/mol. The van der Waals surface area contributed by atoms with Crippen LogP contribution in [0.2, 0.25) is 0 Å². The molecule has 0 amide bonds. The van der Waals surface area contributed by atoms with E-state index >= 15 is 0 Å². The Balaban J connectivity index is 1.95. The number of hydrogen-bond donors (Lipinski definition) is 1. The van der Waals surface area contributed by atoms with Gasteiger partial charge in [0, 0.05) is 6.04 Å². The van der Waals surface area contributed by atoms with Gasteiger partial charge in [-0.15, -0.1) is 10.2 Å². The summed E-state index contributed by atoms with van der Waals surface area (Å²) < 4.78 is 0. The van der Waals surface area contributed by atoms with Crippen molar-refractivity contribution in [3.8, 4) is 0 Å². The number of nitrogens with one attached hydrogen (secondary N) is 1. The smallest absolute Gasteiger partial charge is 0.188 e. The van der Waals surface area contributed by atoms with Gasteiger partial charge in [0.25, 0.3) is 0 Å². The van der Waals surface area contributed by atoms with Crippen molar-refractivity contribution in [2.45, 2.75) is 26.4 Å². The van der Waals surface area contributed by atoms with Gasteiger partial charge < -0.3 is 5.32 Å². The van der Waals surface area contributed by atoms with Gasteiger partial charge in [0.2, 0.25) is 0 Å². The Labute approximate surface area is 101 Å². The molecule has 5 nitrogen and oxygen atoms in total. The molecule has 0 radical (unpaired) electrons. The van der Waals surface area contributed by atoms with Crippen LogP contribution in [0.1, 0.15) is 29.9 Å². The molecule has 0 saturated carbocycles. The molecule has 90 valence electrons. The van der Waals surface area contributed by atoms with Crippen LogP contribution >= 0.6 is 0 Å². The van der Waals surface area contributed by atoms with Crippen LogP contribution in [-0.2, 0) is 13.6 Å². The minimum Gasteiger partial charge on any atom is -0.303 e. The Hall–Kier alpha value is -1.75. The number of aromatic nitrogens is 4. The summed E-state index contributed by atoms with van der Waals surface area (Å²) in [6.45, 7) is 4.86. The molecule has 1 aromatic heterocycles. The maximum atomic E-state index is 4.13. The van der Waals surface area contributed by atoms with E-state index in [1.165, 1.54) is 15.9 Å². The first kappa shape index (κ1) is 11.7. The van der Waals surface area contributed by atoms with Crippen LogP contribution in [0.4, 0.5) is 0 Å². The van der Waals surface area contributed by atoms with Crippen molar-refractivity contribution in [3.63, 3.8) is 0 Å². The third-order valence-corrected chi connectivity index (χ3v) is 2.66. The number of rotatable bonds is 4. The molecule has 1 atom stereocenters. The monoisotopic (exact) mass is 231 g/mol. The fourth-order valence-corrected chi connectivity index (χ4v) is 1.70. The molecule has 0 aliphatic carbocycles. The molecule has 0 aliphatic rings. The van der Waals surface area contributed by atoms with Crippen LogP contribution < -0.4 is 5.32 Å². The Morgan fingerprint density at radius 2 is 2.24 bits per heavy atom. The number of nitrogens with zero attached hydrogens (tertiary/aromatic N) is 4. The highest BCUT2D eigenvalue weighted by atomic mass is 15.6. The van der Waals surface area contributed by atoms with Crippen LogP contribution in [0.15, 0.2) is 24.3 Å². The van der Waals surface area contributed by atoms with Gasteiger partial charge >= 0.3 is 0 Å². The summed E-state index contributed by atoms with van der Waals surface area (Å²) in [5, 5.41) is 15.2. The zero-order valence-electron chi connectivity index (χ0n) is 10.4. The molecular weight excluding hydrogens is 214 g/mol. The average Bonchev–Trinajstić information content (AvgIpc) is 2.72. The Kier molecular flexibility index (Phi) is 3.49. The van der Waals surface area contributed by atoms with Gasteiger partial charge in [-0.05, 0) is 24.6 Å². The van der Waals surface area contributed by atoms with E-state index in [1.54, 1.807) is 7.05 Å². The first-order chi connectivity index (χ1) is 8.15. The molecule has 0 unspecified atom stereocenters. The van der Waals surface area contributed by atoms with Gasteiger partial charge in [-0.1, -0.05) is 29.8 Å². The van der Waals surface area contributed by atoms with E-state index in [4.69, 9.17) is 0 Å². The first-order valence-corrected chi connectivity index (χ1v) is 5.68. The Bertz CT molecular complexity index is 491. The van der Waals surface area contributed by atoms with Crippen molar-refractivity contribution in [2.24, 2.45) is 7.05 Å². The molecule has 2 aromatic rings. The second-order valence-electron chi connectivity index (χ2n) is 4.21. The summed E-state index contributed by atoms with van der Waals surface area (Å²) in [4.78, 5) is 1.47. The normalized spacial score (nSPS) is 12.6. The van der Waals surface area contributed by atoms with Crippen molar-refractivity contribution in [1.29, 1.82) is 0 Å². The third-order valence-electron chi connectivity index (χ3n) is 2.66. The van der Waals surface area contributed by atoms with E-state index in [2.05, 4.69) is 58.8 Å². The second kappa shape index (κ2) is 5.05. The SMILES string of the molecule is Cc1cccc([C@H](C)NCc2nnn(C)n2)c1. The Morgan fingerprint density at radius 3 is 2.88 bits per heavy atom. The van der Waals surface area contributed by atoms with Crippen LogP contribution in [0.25, 0.3) is 0 Å². The molecule has 0 saturated heterocycles. The zero-order chi connectivity index (χ0) is 12.3. The molecule has 0 aliphatic heterocycles. The summed E-state index contributed by atoms with van der Waals surface area (Å²) in [7, 11) is 1.76. The molecule has 1 aromatic carbocycles. The van der Waals surface area contributed by atoms with Gasteiger partial charge in [0.15, 0.2) is 5.82 Å². The van der Waals surface area contributed by atoms with Gasteiger partial charge in [-0.2, -0.15) is 4.80 Å². The largest absolute Gasteiger partial charge is 0.303 e. The number of tetrazole rings is 1. The summed E-state index contributed by atoms with van der Waals surface area (Å²) in [5.41, 5.74) is 2.54. The third kappa shape index (κ3) is 3.10. The molecule has 1 heterocycles. The average molecular weight is 231 g/mol. The lowest BCUT2D eigenvalue weighted by Crippen LogP contribution is -2.19. The molecule has 1 N–H and O–H groups in total. The van der Waals surface area contributed by atoms with E-state index in [1.807, 2.05) is 0 Å².